The van der Waals surface area contributed by atoms with Crippen LogP contribution in [0.1, 0.15) is 28.4 Å². The number of hydrogen-bond donors (Lipinski definition) is 4. The van der Waals surface area contributed by atoms with E-state index in [1.807, 2.05) is 36.4 Å². The molecular weight excluding hydrogens is 584 g/mol. The maximum absolute atomic E-state index is 13.3. The first-order valence-corrected chi connectivity index (χ1v) is 13.9. The topological polar surface area (TPSA) is 168 Å². The zero-order valence-electron chi connectivity index (χ0n) is 23.2. The summed E-state index contributed by atoms with van der Waals surface area (Å²) < 4.78 is 1.48. The summed E-state index contributed by atoms with van der Waals surface area (Å²) in [6, 6.07) is 21.4. The van der Waals surface area contributed by atoms with Crippen molar-refractivity contribution in [2.45, 2.75) is 18.9 Å². The Bertz CT molecular complexity index is 1780. The van der Waals surface area contributed by atoms with E-state index in [1.54, 1.807) is 48.7 Å². The average Bonchev–Trinajstić information content (AvgIpc) is 3.56. The quantitative estimate of drug-likeness (QED) is 0.157. The standard InChI is InChI=1S/C31H27ClN8O4/c32-25-8-10-29(40-19-34-38-39-40)23(16-25)7-11-30(42)35-27(14-20-4-2-1-3-5-20)28-17-24(18-33-37-28)21-6-9-26(36-31(43)44)22(15-21)12-13-41/h1-11,15-19,27,36,41H,12-14H2,(H,35,42)(H,43,44)/t27-/m0/s1. The van der Waals surface area contributed by atoms with Crippen molar-refractivity contribution in [1.82, 2.24) is 35.7 Å². The van der Waals surface area contributed by atoms with E-state index in [2.05, 4.69) is 36.4 Å². The Labute approximate surface area is 257 Å². The highest BCUT2D eigenvalue weighted by Gasteiger charge is 2.18. The number of aromatic nitrogens is 6. The molecule has 0 aliphatic rings. The number of amides is 2. The van der Waals surface area contributed by atoms with Gasteiger partial charge in [0.05, 0.1) is 23.6 Å². The molecule has 3 aromatic carbocycles. The molecular formula is C31H27ClN8O4. The Morgan fingerprint density at radius 1 is 1.00 bits per heavy atom. The largest absolute Gasteiger partial charge is 0.465 e. The molecule has 0 fully saturated rings. The predicted octanol–water partition coefficient (Wildman–Crippen LogP) is 4.51. The molecule has 0 unspecified atom stereocenters. The maximum atomic E-state index is 13.3. The number of nitrogens with zero attached hydrogens (tertiary/aromatic N) is 6. The molecule has 0 aliphatic heterocycles. The monoisotopic (exact) mass is 610 g/mol. The number of benzene rings is 3. The van der Waals surface area contributed by atoms with E-state index in [1.165, 1.54) is 17.1 Å². The molecule has 44 heavy (non-hydrogen) atoms. The molecule has 12 nitrogen and oxygen atoms in total. The van der Waals surface area contributed by atoms with Crippen LogP contribution in [0.4, 0.5) is 10.5 Å². The number of rotatable bonds is 11. The summed E-state index contributed by atoms with van der Waals surface area (Å²) in [5.74, 6) is -0.366. The van der Waals surface area contributed by atoms with Gasteiger partial charge in [0, 0.05) is 34.5 Å². The molecule has 0 saturated heterocycles. The van der Waals surface area contributed by atoms with Gasteiger partial charge in [-0.1, -0.05) is 48.0 Å². The minimum atomic E-state index is -1.19. The third-order valence-electron chi connectivity index (χ3n) is 6.69. The van der Waals surface area contributed by atoms with E-state index in [4.69, 9.17) is 16.7 Å². The van der Waals surface area contributed by atoms with Gasteiger partial charge in [0.15, 0.2) is 0 Å². The number of nitrogens with one attached hydrogen (secondary N) is 2. The highest BCUT2D eigenvalue weighted by atomic mass is 35.5. The smallest absolute Gasteiger partial charge is 0.409 e. The molecule has 13 heteroatoms. The van der Waals surface area contributed by atoms with Gasteiger partial charge in [-0.25, -0.2) is 4.79 Å². The first kappa shape index (κ1) is 30.0. The second kappa shape index (κ2) is 14.1. The fourth-order valence-electron chi connectivity index (χ4n) is 4.65. The minimum absolute atomic E-state index is 0.150. The lowest BCUT2D eigenvalue weighted by atomic mass is 9.98. The lowest BCUT2D eigenvalue weighted by molar-refractivity contribution is -0.117. The van der Waals surface area contributed by atoms with Crippen molar-refractivity contribution in [3.05, 3.63) is 119 Å². The molecule has 2 heterocycles. The van der Waals surface area contributed by atoms with E-state index in [9.17, 15) is 14.7 Å². The number of aliphatic hydroxyl groups excluding tert-OH is 1. The van der Waals surface area contributed by atoms with Crippen molar-refractivity contribution in [2.24, 2.45) is 0 Å². The van der Waals surface area contributed by atoms with E-state index in [0.29, 0.717) is 45.2 Å². The molecule has 222 valence electrons. The van der Waals surface area contributed by atoms with Crippen molar-refractivity contribution in [3.8, 4) is 16.8 Å². The lowest BCUT2D eigenvalue weighted by Crippen LogP contribution is -2.29. The van der Waals surface area contributed by atoms with Gasteiger partial charge in [-0.15, -0.1) is 5.10 Å². The van der Waals surface area contributed by atoms with Gasteiger partial charge in [-0.2, -0.15) is 14.9 Å². The van der Waals surface area contributed by atoms with Crippen molar-refractivity contribution in [3.63, 3.8) is 0 Å². The van der Waals surface area contributed by atoms with Gasteiger partial charge < -0.3 is 15.5 Å². The fraction of sp³-hybridized carbons (Fsp3) is 0.129. The predicted molar refractivity (Wildman–Crippen MR) is 164 cm³/mol. The molecule has 0 aliphatic carbocycles. The molecule has 2 aromatic heterocycles. The fourth-order valence-corrected chi connectivity index (χ4v) is 4.83. The number of carbonyl (C=O) groups excluding carboxylic acids is 1. The van der Waals surface area contributed by atoms with Gasteiger partial charge in [0.25, 0.3) is 0 Å². The number of carbonyl (C=O) groups is 2. The molecule has 0 radical (unpaired) electrons. The molecule has 0 bridgehead atoms. The number of anilines is 1. The normalized spacial score (nSPS) is 11.8. The summed E-state index contributed by atoms with van der Waals surface area (Å²) in [6.45, 7) is -0.150. The Morgan fingerprint density at radius 3 is 2.59 bits per heavy atom. The first-order valence-electron chi connectivity index (χ1n) is 13.5. The van der Waals surface area contributed by atoms with Crippen LogP contribution in [0.5, 0.6) is 0 Å². The second-order valence-corrected chi connectivity index (χ2v) is 10.1. The van der Waals surface area contributed by atoms with Gasteiger partial charge in [0.2, 0.25) is 5.91 Å². The van der Waals surface area contributed by atoms with Gasteiger partial charge >= 0.3 is 6.09 Å². The molecule has 0 spiro atoms. The van der Waals surface area contributed by atoms with Crippen LogP contribution in [0.25, 0.3) is 22.9 Å². The third kappa shape index (κ3) is 7.68. The maximum Gasteiger partial charge on any atom is 0.409 e. The van der Waals surface area contributed by atoms with Crippen LogP contribution < -0.4 is 10.6 Å². The van der Waals surface area contributed by atoms with Crippen molar-refractivity contribution in [2.75, 3.05) is 11.9 Å². The number of aliphatic hydroxyl groups is 1. The number of halogens is 1. The Hall–Kier alpha value is -5.46. The van der Waals surface area contributed by atoms with Crippen LogP contribution in [0, 0.1) is 0 Å². The summed E-state index contributed by atoms with van der Waals surface area (Å²) in [5, 5.41) is 44.4. The number of carboxylic acid groups (broad SMARTS) is 1. The van der Waals surface area contributed by atoms with E-state index in [-0.39, 0.29) is 18.9 Å². The van der Waals surface area contributed by atoms with Gasteiger partial charge in [-0.3, -0.25) is 10.1 Å². The zero-order valence-corrected chi connectivity index (χ0v) is 24.0. The number of tetrazole rings is 1. The summed E-state index contributed by atoms with van der Waals surface area (Å²) in [7, 11) is 0. The SMILES string of the molecule is O=C(O)Nc1ccc(-c2cnnc([C@H](Cc3ccccc3)NC(=O)C=Cc3cc(Cl)ccc3-n3cnnn3)c2)cc1CCO. The highest BCUT2D eigenvalue weighted by Crippen LogP contribution is 2.28. The Balaban J connectivity index is 1.43. The molecule has 1 atom stereocenters. The summed E-state index contributed by atoms with van der Waals surface area (Å²) in [5.41, 5.74) is 5.29. The van der Waals surface area contributed by atoms with E-state index in [0.717, 1.165) is 11.1 Å². The van der Waals surface area contributed by atoms with Crippen molar-refractivity contribution >= 4 is 35.4 Å². The van der Waals surface area contributed by atoms with Gasteiger partial charge in [-0.05, 0) is 82.4 Å². The van der Waals surface area contributed by atoms with Crippen LogP contribution in [0.3, 0.4) is 0 Å². The summed E-state index contributed by atoms with van der Waals surface area (Å²) >= 11 is 6.22. The van der Waals surface area contributed by atoms with E-state index < -0.39 is 12.1 Å². The Morgan fingerprint density at radius 2 is 1.84 bits per heavy atom. The minimum Gasteiger partial charge on any atom is -0.465 e. The first-order chi connectivity index (χ1) is 21.4. The van der Waals surface area contributed by atoms with E-state index >= 15 is 0 Å². The molecule has 5 aromatic rings. The summed E-state index contributed by atoms with van der Waals surface area (Å²) in [6.07, 6.45) is 5.59. The molecule has 5 rings (SSSR count). The third-order valence-corrected chi connectivity index (χ3v) is 6.93. The van der Waals surface area contributed by atoms with Crippen LogP contribution in [-0.2, 0) is 17.6 Å². The number of hydrogen-bond acceptors (Lipinski definition) is 8. The average molecular weight is 611 g/mol. The molecule has 2 amide bonds. The van der Waals surface area contributed by atoms with Crippen molar-refractivity contribution in [1.29, 1.82) is 0 Å². The van der Waals surface area contributed by atoms with Gasteiger partial charge in [0.1, 0.15) is 6.33 Å². The Kier molecular flexibility index (Phi) is 9.64. The van der Waals surface area contributed by atoms with Crippen molar-refractivity contribution < 1.29 is 19.8 Å². The lowest BCUT2D eigenvalue weighted by Gasteiger charge is -2.18. The second-order valence-electron chi connectivity index (χ2n) is 9.69. The zero-order chi connectivity index (χ0) is 30.9. The summed E-state index contributed by atoms with van der Waals surface area (Å²) in [4.78, 5) is 24.5. The van der Waals surface area contributed by atoms with Crippen LogP contribution in [-0.4, -0.2) is 59.2 Å². The molecule has 0 saturated carbocycles. The molecule has 4 N–H and O–H groups in total. The van der Waals surface area contributed by atoms with Crippen LogP contribution in [0.15, 0.2) is 91.4 Å². The van der Waals surface area contributed by atoms with Crippen LogP contribution >= 0.6 is 11.6 Å². The highest BCUT2D eigenvalue weighted by molar-refractivity contribution is 6.30. The van der Waals surface area contributed by atoms with Crippen LogP contribution in [0.2, 0.25) is 5.02 Å².